The molecule has 110 valence electrons. The van der Waals surface area contributed by atoms with Crippen molar-refractivity contribution < 1.29 is 9.90 Å². The molecule has 2 atom stereocenters. The Labute approximate surface area is 128 Å². The third kappa shape index (κ3) is 2.61. The number of thiophene rings is 1. The maximum absolute atomic E-state index is 11.8. The topological polar surface area (TPSA) is 40.5 Å². The van der Waals surface area contributed by atoms with Crippen molar-refractivity contribution in [2.45, 2.75) is 32.4 Å². The molecule has 0 bridgehead atoms. The molecule has 2 unspecified atom stereocenters. The molecule has 0 saturated carbocycles. The van der Waals surface area contributed by atoms with E-state index in [1.54, 1.807) is 11.3 Å². The van der Waals surface area contributed by atoms with E-state index >= 15 is 0 Å². The van der Waals surface area contributed by atoms with Crippen molar-refractivity contribution in [3.8, 4) is 0 Å². The third-order valence-corrected chi connectivity index (χ3v) is 5.29. The van der Waals surface area contributed by atoms with Crippen LogP contribution in [0, 0.1) is 6.92 Å². The molecule has 1 aliphatic rings. The first kappa shape index (κ1) is 14.3. The summed E-state index contributed by atoms with van der Waals surface area (Å²) in [7, 11) is 0. The minimum atomic E-state index is -0.756. The number of hydrogen-bond acceptors (Lipinski definition) is 3. The van der Waals surface area contributed by atoms with Gasteiger partial charge in [0.05, 0.1) is 0 Å². The summed E-state index contributed by atoms with van der Waals surface area (Å²) in [6.07, 6.45) is 0.937. The normalized spacial score (nSPS) is 20.0. The van der Waals surface area contributed by atoms with Gasteiger partial charge in [0, 0.05) is 17.5 Å². The van der Waals surface area contributed by atoms with Crippen LogP contribution < -0.4 is 0 Å². The predicted molar refractivity (Wildman–Crippen MR) is 84.7 cm³/mol. The molecule has 3 rings (SSSR count). The zero-order chi connectivity index (χ0) is 15.0. The van der Waals surface area contributed by atoms with E-state index in [0.29, 0.717) is 0 Å². The van der Waals surface area contributed by atoms with E-state index in [4.69, 9.17) is 0 Å². The second-order valence-corrected chi connectivity index (χ2v) is 6.62. The van der Waals surface area contributed by atoms with Crippen LogP contribution in [0.4, 0.5) is 0 Å². The molecule has 4 heteroatoms. The molecule has 1 N–H and O–H groups in total. The number of carboxylic acids is 1. The van der Waals surface area contributed by atoms with Crippen LogP contribution in [-0.2, 0) is 11.2 Å². The number of carbonyl (C=O) groups is 1. The Kier molecular flexibility index (Phi) is 3.83. The Morgan fingerprint density at radius 2 is 2.05 bits per heavy atom. The molecule has 1 aliphatic heterocycles. The maximum atomic E-state index is 11.8. The van der Waals surface area contributed by atoms with Gasteiger partial charge in [-0.3, -0.25) is 9.69 Å². The molecule has 2 aromatic rings. The van der Waals surface area contributed by atoms with Crippen molar-refractivity contribution in [1.82, 2.24) is 4.90 Å². The summed E-state index contributed by atoms with van der Waals surface area (Å²) in [6.45, 7) is 4.95. The Morgan fingerprint density at radius 3 is 2.71 bits per heavy atom. The van der Waals surface area contributed by atoms with E-state index in [2.05, 4.69) is 43.0 Å². The van der Waals surface area contributed by atoms with Gasteiger partial charge in [0.25, 0.3) is 0 Å². The Hall–Kier alpha value is -1.65. The van der Waals surface area contributed by atoms with E-state index in [1.165, 1.54) is 16.0 Å². The van der Waals surface area contributed by atoms with Crippen LogP contribution in [0.5, 0.6) is 0 Å². The molecule has 0 amide bonds. The third-order valence-electron chi connectivity index (χ3n) is 4.29. The van der Waals surface area contributed by atoms with Crippen LogP contribution in [0.1, 0.15) is 40.6 Å². The summed E-state index contributed by atoms with van der Waals surface area (Å²) in [5.41, 5.74) is 3.36. The molecule has 21 heavy (non-hydrogen) atoms. The first-order valence-corrected chi connectivity index (χ1v) is 8.07. The number of nitrogens with zero attached hydrogens (tertiary/aromatic N) is 1. The van der Waals surface area contributed by atoms with E-state index in [0.717, 1.165) is 18.5 Å². The van der Waals surface area contributed by atoms with Crippen molar-refractivity contribution in [2.24, 2.45) is 0 Å². The van der Waals surface area contributed by atoms with Crippen LogP contribution >= 0.6 is 11.3 Å². The SMILES string of the molecule is Cc1ccc(C(C)N2CCc3sccc3C2C(=O)O)cc1. The molecule has 0 aliphatic carbocycles. The van der Waals surface area contributed by atoms with E-state index in [1.807, 2.05) is 11.4 Å². The minimum Gasteiger partial charge on any atom is -0.480 e. The van der Waals surface area contributed by atoms with Crippen molar-refractivity contribution in [2.75, 3.05) is 6.54 Å². The van der Waals surface area contributed by atoms with Gasteiger partial charge in [-0.1, -0.05) is 29.8 Å². The van der Waals surface area contributed by atoms with Gasteiger partial charge >= 0.3 is 5.97 Å². The molecule has 3 nitrogen and oxygen atoms in total. The van der Waals surface area contributed by atoms with Gasteiger partial charge in [0.1, 0.15) is 6.04 Å². The fraction of sp³-hybridized carbons (Fsp3) is 0.353. The molecule has 0 spiro atoms. The monoisotopic (exact) mass is 301 g/mol. The van der Waals surface area contributed by atoms with E-state index in [9.17, 15) is 9.90 Å². The highest BCUT2D eigenvalue weighted by Crippen LogP contribution is 2.38. The zero-order valence-electron chi connectivity index (χ0n) is 12.2. The molecule has 0 fully saturated rings. The number of carboxylic acid groups (broad SMARTS) is 1. The summed E-state index contributed by atoms with van der Waals surface area (Å²) in [4.78, 5) is 15.1. The van der Waals surface area contributed by atoms with Crippen LogP contribution in [0.25, 0.3) is 0 Å². The second kappa shape index (κ2) is 5.62. The summed E-state index contributed by atoms with van der Waals surface area (Å²) in [5.74, 6) is -0.756. The average Bonchev–Trinajstić information content (AvgIpc) is 2.94. The molecule has 0 radical (unpaired) electrons. The fourth-order valence-electron chi connectivity index (χ4n) is 3.06. The van der Waals surface area contributed by atoms with E-state index < -0.39 is 12.0 Å². The fourth-order valence-corrected chi connectivity index (χ4v) is 3.97. The standard InChI is InChI=1S/C17H19NO2S/c1-11-3-5-13(6-4-11)12(2)18-9-7-15-14(8-10-21-15)16(18)17(19)20/h3-6,8,10,12,16H,7,9H2,1-2H3,(H,19,20). The summed E-state index contributed by atoms with van der Waals surface area (Å²) in [6, 6.07) is 9.90. The number of fused-ring (bicyclic) bond motifs is 1. The molecule has 2 heterocycles. The average molecular weight is 301 g/mol. The highest BCUT2D eigenvalue weighted by Gasteiger charge is 2.36. The van der Waals surface area contributed by atoms with Gasteiger partial charge in [0.2, 0.25) is 0 Å². The number of aliphatic carboxylic acids is 1. The van der Waals surface area contributed by atoms with Crippen molar-refractivity contribution in [3.63, 3.8) is 0 Å². The lowest BCUT2D eigenvalue weighted by Crippen LogP contribution is -2.40. The highest BCUT2D eigenvalue weighted by atomic mass is 32.1. The molecular weight excluding hydrogens is 282 g/mol. The predicted octanol–water partition coefficient (Wildman–Crippen LogP) is 3.80. The lowest BCUT2D eigenvalue weighted by Gasteiger charge is -2.37. The van der Waals surface area contributed by atoms with Gasteiger partial charge in [-0.25, -0.2) is 0 Å². The largest absolute Gasteiger partial charge is 0.480 e. The smallest absolute Gasteiger partial charge is 0.325 e. The van der Waals surface area contributed by atoms with Gasteiger partial charge in [0.15, 0.2) is 0 Å². The summed E-state index contributed by atoms with van der Waals surface area (Å²) >= 11 is 1.67. The quantitative estimate of drug-likeness (QED) is 0.937. The van der Waals surface area contributed by atoms with Gasteiger partial charge < -0.3 is 5.11 Å². The molecule has 1 aromatic carbocycles. The van der Waals surface area contributed by atoms with Crippen molar-refractivity contribution >= 4 is 17.3 Å². The van der Waals surface area contributed by atoms with Gasteiger partial charge in [-0.05, 0) is 42.8 Å². The van der Waals surface area contributed by atoms with Gasteiger partial charge in [-0.15, -0.1) is 11.3 Å². The lowest BCUT2D eigenvalue weighted by molar-refractivity contribution is -0.145. The highest BCUT2D eigenvalue weighted by molar-refractivity contribution is 7.10. The van der Waals surface area contributed by atoms with Crippen LogP contribution in [0.2, 0.25) is 0 Å². The second-order valence-electron chi connectivity index (χ2n) is 5.61. The Bertz CT molecular complexity index is 647. The van der Waals surface area contributed by atoms with Crippen molar-refractivity contribution in [1.29, 1.82) is 0 Å². The van der Waals surface area contributed by atoms with Crippen LogP contribution in [0.15, 0.2) is 35.7 Å². The van der Waals surface area contributed by atoms with Crippen LogP contribution in [0.3, 0.4) is 0 Å². The molecular formula is C17H19NO2S. The maximum Gasteiger partial charge on any atom is 0.325 e. The minimum absolute atomic E-state index is 0.0970. The zero-order valence-corrected chi connectivity index (χ0v) is 13.1. The van der Waals surface area contributed by atoms with Crippen LogP contribution in [-0.4, -0.2) is 22.5 Å². The Morgan fingerprint density at radius 1 is 1.33 bits per heavy atom. The number of aryl methyl sites for hydroxylation is 1. The first-order valence-electron chi connectivity index (χ1n) is 7.19. The summed E-state index contributed by atoms with van der Waals surface area (Å²) < 4.78 is 0. The Balaban J connectivity index is 1.94. The number of rotatable bonds is 3. The van der Waals surface area contributed by atoms with Crippen molar-refractivity contribution in [3.05, 3.63) is 57.3 Å². The number of benzene rings is 1. The number of hydrogen-bond donors (Lipinski definition) is 1. The summed E-state index contributed by atoms with van der Waals surface area (Å²) in [5, 5.41) is 11.7. The molecule has 1 aromatic heterocycles. The van der Waals surface area contributed by atoms with E-state index in [-0.39, 0.29) is 6.04 Å². The first-order chi connectivity index (χ1) is 10.1. The molecule has 0 saturated heterocycles. The lowest BCUT2D eigenvalue weighted by atomic mass is 9.95. The van der Waals surface area contributed by atoms with Gasteiger partial charge in [-0.2, -0.15) is 0 Å².